The molecule has 1 fully saturated rings. The summed E-state index contributed by atoms with van der Waals surface area (Å²) in [5.41, 5.74) is 2.10. The highest BCUT2D eigenvalue weighted by atomic mass is 19.3. The number of aryl methyl sites for hydroxylation is 2. The molecule has 0 aliphatic heterocycles. The number of aromatic nitrogens is 4. The molecule has 136 valence electrons. The summed E-state index contributed by atoms with van der Waals surface area (Å²) in [7, 11) is 0. The molecule has 2 aromatic heterocycles. The van der Waals surface area contributed by atoms with Crippen molar-refractivity contribution in [3.8, 4) is 5.95 Å². The maximum atomic E-state index is 13.6. The number of aliphatic hydroxyl groups is 1. The quantitative estimate of drug-likeness (QED) is 0.884. The average Bonchev–Trinajstić information content (AvgIpc) is 2.84. The molecule has 1 aliphatic rings. The molecule has 1 saturated carbocycles. The molecule has 0 aromatic carbocycles. The van der Waals surface area contributed by atoms with Gasteiger partial charge in [0.15, 0.2) is 0 Å². The SMILES string of the molecule is Cc1cc(C)n(-c2nc(N[C@H]3CCCC(F)(F)C3)cc(C(C)O)n2)n1. The summed E-state index contributed by atoms with van der Waals surface area (Å²) < 4.78 is 28.9. The van der Waals surface area contributed by atoms with Gasteiger partial charge in [-0.15, -0.1) is 0 Å². The lowest BCUT2D eigenvalue weighted by Gasteiger charge is -2.30. The molecule has 0 saturated heterocycles. The zero-order valence-electron chi connectivity index (χ0n) is 14.6. The minimum atomic E-state index is -2.64. The van der Waals surface area contributed by atoms with E-state index in [0.717, 1.165) is 11.4 Å². The second-order valence-corrected chi connectivity index (χ2v) is 6.79. The number of aliphatic hydroxyl groups excluding tert-OH is 1. The third-order valence-electron chi connectivity index (χ3n) is 4.35. The lowest BCUT2D eigenvalue weighted by Crippen LogP contribution is -2.34. The van der Waals surface area contributed by atoms with Crippen LogP contribution in [0.15, 0.2) is 12.1 Å². The van der Waals surface area contributed by atoms with Gasteiger partial charge in [-0.2, -0.15) is 10.1 Å². The van der Waals surface area contributed by atoms with Crippen LogP contribution in [0.2, 0.25) is 0 Å². The molecule has 8 heteroatoms. The molecule has 2 N–H and O–H groups in total. The predicted octanol–water partition coefficient (Wildman–Crippen LogP) is 3.32. The van der Waals surface area contributed by atoms with Crippen molar-refractivity contribution in [1.82, 2.24) is 19.7 Å². The van der Waals surface area contributed by atoms with Crippen molar-refractivity contribution in [2.24, 2.45) is 0 Å². The molecule has 0 amide bonds. The average molecular weight is 351 g/mol. The number of nitrogens with one attached hydrogen (secondary N) is 1. The van der Waals surface area contributed by atoms with Gasteiger partial charge in [-0.05, 0) is 39.7 Å². The maximum absolute atomic E-state index is 13.6. The van der Waals surface area contributed by atoms with Gasteiger partial charge >= 0.3 is 0 Å². The molecule has 3 rings (SSSR count). The fraction of sp³-hybridized carbons (Fsp3) is 0.588. The Morgan fingerprint density at radius 2 is 2.08 bits per heavy atom. The Kier molecular flexibility index (Phi) is 4.73. The van der Waals surface area contributed by atoms with Crippen molar-refractivity contribution in [1.29, 1.82) is 0 Å². The highest BCUT2D eigenvalue weighted by molar-refractivity contribution is 5.41. The van der Waals surface area contributed by atoms with Crippen LogP contribution in [0.25, 0.3) is 5.95 Å². The van der Waals surface area contributed by atoms with Gasteiger partial charge in [0.2, 0.25) is 5.92 Å². The number of halogens is 2. The van der Waals surface area contributed by atoms with E-state index in [0.29, 0.717) is 30.3 Å². The van der Waals surface area contributed by atoms with Gasteiger partial charge in [0, 0.05) is 30.6 Å². The first-order valence-electron chi connectivity index (χ1n) is 8.48. The third-order valence-corrected chi connectivity index (χ3v) is 4.35. The molecule has 0 spiro atoms. The monoisotopic (exact) mass is 351 g/mol. The fourth-order valence-electron chi connectivity index (χ4n) is 3.17. The number of rotatable bonds is 4. The molecule has 6 nitrogen and oxygen atoms in total. The van der Waals surface area contributed by atoms with Gasteiger partial charge < -0.3 is 10.4 Å². The number of hydrogen-bond donors (Lipinski definition) is 2. The van der Waals surface area contributed by atoms with Crippen molar-refractivity contribution in [2.45, 2.75) is 64.5 Å². The Labute approximate surface area is 145 Å². The van der Waals surface area contributed by atoms with E-state index in [9.17, 15) is 13.9 Å². The second kappa shape index (κ2) is 6.67. The topological polar surface area (TPSA) is 75.9 Å². The summed E-state index contributed by atoms with van der Waals surface area (Å²) in [4.78, 5) is 8.77. The van der Waals surface area contributed by atoms with Gasteiger partial charge in [-0.3, -0.25) is 0 Å². The largest absolute Gasteiger partial charge is 0.387 e. The smallest absolute Gasteiger partial charge is 0.253 e. The fourth-order valence-corrected chi connectivity index (χ4v) is 3.17. The van der Waals surface area contributed by atoms with Crippen molar-refractivity contribution in [3.63, 3.8) is 0 Å². The first-order chi connectivity index (χ1) is 11.7. The predicted molar refractivity (Wildman–Crippen MR) is 90.1 cm³/mol. The first-order valence-corrected chi connectivity index (χ1v) is 8.48. The van der Waals surface area contributed by atoms with Crippen LogP contribution >= 0.6 is 0 Å². The molecule has 0 bridgehead atoms. The summed E-state index contributed by atoms with van der Waals surface area (Å²) in [6, 6.07) is 3.15. The zero-order valence-corrected chi connectivity index (χ0v) is 14.6. The minimum absolute atomic E-state index is 0.0646. The Bertz CT molecular complexity index is 759. The van der Waals surface area contributed by atoms with E-state index in [-0.39, 0.29) is 18.9 Å². The summed E-state index contributed by atoms with van der Waals surface area (Å²) in [6.07, 6.45) is 0.0654. The number of anilines is 1. The lowest BCUT2D eigenvalue weighted by molar-refractivity contribution is -0.0373. The van der Waals surface area contributed by atoms with E-state index in [2.05, 4.69) is 20.4 Å². The van der Waals surface area contributed by atoms with Crippen LogP contribution in [-0.4, -0.2) is 36.8 Å². The van der Waals surface area contributed by atoms with E-state index in [1.165, 1.54) is 0 Å². The first kappa shape index (κ1) is 17.7. The Morgan fingerprint density at radius 3 is 2.68 bits per heavy atom. The van der Waals surface area contributed by atoms with E-state index in [1.54, 1.807) is 17.7 Å². The summed E-state index contributed by atoms with van der Waals surface area (Å²) in [5.74, 6) is -1.90. The minimum Gasteiger partial charge on any atom is -0.387 e. The van der Waals surface area contributed by atoms with E-state index in [4.69, 9.17) is 0 Å². The van der Waals surface area contributed by atoms with E-state index >= 15 is 0 Å². The highest BCUT2D eigenvalue weighted by Gasteiger charge is 2.36. The molecule has 2 heterocycles. The van der Waals surface area contributed by atoms with Gasteiger partial charge in [-0.25, -0.2) is 18.4 Å². The lowest BCUT2D eigenvalue weighted by atomic mass is 9.92. The number of nitrogens with zero attached hydrogens (tertiary/aromatic N) is 4. The van der Waals surface area contributed by atoms with Gasteiger partial charge in [0.25, 0.3) is 5.95 Å². The molecule has 25 heavy (non-hydrogen) atoms. The van der Waals surface area contributed by atoms with E-state index in [1.807, 2.05) is 19.9 Å². The Morgan fingerprint density at radius 1 is 1.32 bits per heavy atom. The van der Waals surface area contributed by atoms with Crippen molar-refractivity contribution in [2.75, 3.05) is 5.32 Å². The van der Waals surface area contributed by atoms with Gasteiger partial charge in [-0.1, -0.05) is 0 Å². The summed E-state index contributed by atoms with van der Waals surface area (Å²) in [5, 5.41) is 17.4. The van der Waals surface area contributed by atoms with Crippen molar-refractivity contribution < 1.29 is 13.9 Å². The van der Waals surface area contributed by atoms with Gasteiger partial charge in [0.1, 0.15) is 5.82 Å². The molecule has 0 radical (unpaired) electrons. The molecule has 1 unspecified atom stereocenters. The van der Waals surface area contributed by atoms with Crippen LogP contribution < -0.4 is 5.32 Å². The molecule has 2 aromatic rings. The Hall–Kier alpha value is -2.09. The van der Waals surface area contributed by atoms with Crippen molar-refractivity contribution in [3.05, 3.63) is 29.2 Å². The van der Waals surface area contributed by atoms with Crippen LogP contribution in [0.4, 0.5) is 14.6 Å². The number of alkyl halides is 2. The van der Waals surface area contributed by atoms with Gasteiger partial charge in [0.05, 0.1) is 17.5 Å². The zero-order chi connectivity index (χ0) is 18.2. The van der Waals surface area contributed by atoms with Crippen LogP contribution in [0.1, 0.15) is 55.8 Å². The van der Waals surface area contributed by atoms with E-state index < -0.39 is 12.0 Å². The molecule has 2 atom stereocenters. The van der Waals surface area contributed by atoms with Crippen molar-refractivity contribution >= 4 is 5.82 Å². The maximum Gasteiger partial charge on any atom is 0.253 e. The molecular weight excluding hydrogens is 328 g/mol. The summed E-state index contributed by atoms with van der Waals surface area (Å²) in [6.45, 7) is 5.35. The standard InChI is InChI=1S/C17H23F2N5O/c1-10-7-11(2)24(23-10)16-21-14(12(3)25)8-15(22-16)20-13-5-4-6-17(18,19)9-13/h7-8,12-13,25H,4-6,9H2,1-3H3,(H,20,21,22)/t12?,13-/m0/s1. The molecular formula is C17H23F2N5O. The molecule has 1 aliphatic carbocycles. The summed E-state index contributed by atoms with van der Waals surface area (Å²) >= 11 is 0. The van der Waals surface area contributed by atoms with Crippen LogP contribution in [0, 0.1) is 13.8 Å². The van der Waals surface area contributed by atoms with Crippen LogP contribution in [0.3, 0.4) is 0 Å². The third kappa shape index (κ3) is 4.12. The normalized spacial score (nSPS) is 21.1. The van der Waals surface area contributed by atoms with Crippen LogP contribution in [0.5, 0.6) is 0 Å². The number of hydrogen-bond acceptors (Lipinski definition) is 5. The second-order valence-electron chi connectivity index (χ2n) is 6.79. The highest BCUT2D eigenvalue weighted by Crippen LogP contribution is 2.34. The Balaban J connectivity index is 1.92. The van der Waals surface area contributed by atoms with Crippen LogP contribution in [-0.2, 0) is 0 Å².